The molecule has 0 saturated heterocycles. The van der Waals surface area contributed by atoms with Crippen LogP contribution in [0, 0.1) is 0 Å². The van der Waals surface area contributed by atoms with E-state index in [1.807, 2.05) is 0 Å². The third-order valence-corrected chi connectivity index (χ3v) is 2.31. The zero-order valence-electron chi connectivity index (χ0n) is 12.6. The van der Waals surface area contributed by atoms with E-state index in [-0.39, 0.29) is 18.6 Å². The first kappa shape index (κ1) is 18.8. The van der Waals surface area contributed by atoms with E-state index in [9.17, 15) is 19.2 Å². The van der Waals surface area contributed by atoms with Crippen molar-refractivity contribution in [3.05, 3.63) is 12.2 Å². The van der Waals surface area contributed by atoms with E-state index in [0.717, 1.165) is 0 Å². The average molecular weight is 300 g/mol. The monoisotopic (exact) mass is 300 g/mol. The molecule has 0 aliphatic rings. The third-order valence-electron chi connectivity index (χ3n) is 2.31. The van der Waals surface area contributed by atoms with Crippen molar-refractivity contribution in [2.45, 2.75) is 45.8 Å². The van der Waals surface area contributed by atoms with Gasteiger partial charge in [0.05, 0.1) is 13.5 Å². The van der Waals surface area contributed by atoms with Gasteiger partial charge in [0.1, 0.15) is 12.2 Å². The van der Waals surface area contributed by atoms with Crippen LogP contribution in [-0.2, 0) is 33.4 Å². The van der Waals surface area contributed by atoms with Gasteiger partial charge >= 0.3 is 17.9 Å². The number of methoxy groups -OCH3 is 1. The lowest BCUT2D eigenvalue weighted by Crippen LogP contribution is -2.27. The molecule has 0 amide bonds. The Bertz CT molecular complexity index is 425. The number of rotatable bonds is 8. The molecule has 0 fully saturated rings. The number of allylic oxidation sites excluding steroid dienone is 1. The van der Waals surface area contributed by atoms with E-state index in [4.69, 9.17) is 9.47 Å². The second kappa shape index (κ2) is 9.68. The van der Waals surface area contributed by atoms with Gasteiger partial charge in [-0.3, -0.25) is 19.2 Å². The lowest BCUT2D eigenvalue weighted by molar-refractivity contribution is -0.155. The van der Waals surface area contributed by atoms with Gasteiger partial charge < -0.3 is 14.2 Å². The first-order valence-electron chi connectivity index (χ1n) is 6.34. The Labute approximate surface area is 123 Å². The molecular weight excluding hydrogens is 280 g/mol. The number of ketones is 1. The van der Waals surface area contributed by atoms with Gasteiger partial charge in [0.15, 0.2) is 5.78 Å². The Hall–Kier alpha value is -2.18. The predicted molar refractivity (Wildman–Crippen MR) is 72.2 cm³/mol. The van der Waals surface area contributed by atoms with Gasteiger partial charge in [-0.15, -0.1) is 0 Å². The lowest BCUT2D eigenvalue weighted by atomic mass is 10.1. The van der Waals surface area contributed by atoms with Crippen LogP contribution < -0.4 is 0 Å². The van der Waals surface area contributed by atoms with E-state index in [1.165, 1.54) is 40.0 Å². The van der Waals surface area contributed by atoms with Crippen LogP contribution in [0.15, 0.2) is 12.2 Å². The molecule has 0 radical (unpaired) electrons. The molecule has 0 rings (SSSR count). The highest BCUT2D eigenvalue weighted by atomic mass is 16.6. The maximum atomic E-state index is 11.3. The van der Waals surface area contributed by atoms with Gasteiger partial charge in [-0.1, -0.05) is 0 Å². The number of hydrogen-bond acceptors (Lipinski definition) is 7. The van der Waals surface area contributed by atoms with Crippen LogP contribution in [0.4, 0.5) is 0 Å². The fraction of sp³-hybridized carbons (Fsp3) is 0.571. The van der Waals surface area contributed by atoms with Gasteiger partial charge in [-0.25, -0.2) is 0 Å². The summed E-state index contributed by atoms with van der Waals surface area (Å²) in [6, 6.07) is 0. The van der Waals surface area contributed by atoms with E-state index < -0.39 is 30.1 Å². The minimum absolute atomic E-state index is 0.0536. The van der Waals surface area contributed by atoms with Crippen LogP contribution in [0.3, 0.4) is 0 Å². The van der Waals surface area contributed by atoms with E-state index in [2.05, 4.69) is 4.74 Å². The third kappa shape index (κ3) is 10.3. The van der Waals surface area contributed by atoms with E-state index in [0.29, 0.717) is 0 Å². The van der Waals surface area contributed by atoms with Crippen LogP contribution in [0.2, 0.25) is 0 Å². The van der Waals surface area contributed by atoms with Crippen LogP contribution >= 0.6 is 0 Å². The molecule has 0 aliphatic heterocycles. The first-order valence-corrected chi connectivity index (χ1v) is 6.34. The SMILES string of the molecule is COC(=O)C[C@H](C[C@@H](/C=C/C(C)=O)OC(C)=O)OC(C)=O. The fourth-order valence-corrected chi connectivity index (χ4v) is 1.56. The summed E-state index contributed by atoms with van der Waals surface area (Å²) in [4.78, 5) is 44.3. The molecule has 0 aromatic carbocycles. The number of carbonyl (C=O) groups excluding carboxylic acids is 4. The molecule has 21 heavy (non-hydrogen) atoms. The Morgan fingerprint density at radius 3 is 2.00 bits per heavy atom. The quantitative estimate of drug-likeness (QED) is 0.374. The first-order chi connectivity index (χ1) is 9.74. The smallest absolute Gasteiger partial charge is 0.309 e. The molecule has 0 spiro atoms. The van der Waals surface area contributed by atoms with Crippen molar-refractivity contribution in [2.24, 2.45) is 0 Å². The van der Waals surface area contributed by atoms with Crippen molar-refractivity contribution in [2.75, 3.05) is 7.11 Å². The standard InChI is InChI=1S/C14H20O7/c1-9(15)5-6-12(20-10(2)16)7-13(21-11(3)17)8-14(18)19-4/h5-6,12-13H,7-8H2,1-4H3/b6-5+/t12-,13+/m1/s1. The van der Waals surface area contributed by atoms with Crippen molar-refractivity contribution in [1.82, 2.24) is 0 Å². The topological polar surface area (TPSA) is 96.0 Å². The van der Waals surface area contributed by atoms with Crippen molar-refractivity contribution < 1.29 is 33.4 Å². The summed E-state index contributed by atoms with van der Waals surface area (Å²) in [6.45, 7) is 3.77. The van der Waals surface area contributed by atoms with Gasteiger partial charge in [0, 0.05) is 20.3 Å². The van der Waals surface area contributed by atoms with Gasteiger partial charge in [-0.05, 0) is 19.1 Å². The zero-order chi connectivity index (χ0) is 16.4. The Morgan fingerprint density at radius 2 is 1.57 bits per heavy atom. The summed E-state index contributed by atoms with van der Waals surface area (Å²) in [7, 11) is 1.21. The number of ether oxygens (including phenoxy) is 3. The Kier molecular flexibility index (Phi) is 8.68. The van der Waals surface area contributed by atoms with Gasteiger partial charge in [-0.2, -0.15) is 0 Å². The summed E-state index contributed by atoms with van der Waals surface area (Å²) in [5.74, 6) is -1.89. The number of esters is 3. The fourth-order valence-electron chi connectivity index (χ4n) is 1.56. The molecule has 0 aliphatic carbocycles. The van der Waals surface area contributed by atoms with Crippen molar-refractivity contribution in [3.8, 4) is 0 Å². The molecule has 0 unspecified atom stereocenters. The molecular formula is C14H20O7. The highest BCUT2D eigenvalue weighted by molar-refractivity contribution is 5.87. The maximum absolute atomic E-state index is 11.3. The highest BCUT2D eigenvalue weighted by Crippen LogP contribution is 2.13. The van der Waals surface area contributed by atoms with E-state index >= 15 is 0 Å². The Balaban J connectivity index is 4.90. The number of carbonyl (C=O) groups is 4. The molecule has 7 heteroatoms. The average Bonchev–Trinajstić information content (AvgIpc) is 2.34. The summed E-state index contributed by atoms with van der Waals surface area (Å²) in [6.07, 6.45) is 0.935. The maximum Gasteiger partial charge on any atom is 0.309 e. The van der Waals surface area contributed by atoms with Crippen molar-refractivity contribution in [1.29, 1.82) is 0 Å². The summed E-state index contributed by atoms with van der Waals surface area (Å²) in [5, 5.41) is 0. The van der Waals surface area contributed by atoms with Gasteiger partial charge in [0.2, 0.25) is 0 Å². The Morgan fingerprint density at radius 1 is 1.00 bits per heavy atom. The zero-order valence-corrected chi connectivity index (χ0v) is 12.6. The minimum Gasteiger partial charge on any atom is -0.469 e. The minimum atomic E-state index is -0.809. The molecule has 0 saturated carbocycles. The second-order valence-electron chi connectivity index (χ2n) is 4.37. The largest absolute Gasteiger partial charge is 0.469 e. The normalized spacial score (nSPS) is 13.3. The summed E-state index contributed by atoms with van der Waals surface area (Å²) in [5.41, 5.74) is 0. The molecule has 7 nitrogen and oxygen atoms in total. The van der Waals surface area contributed by atoms with Crippen molar-refractivity contribution >= 4 is 23.7 Å². The lowest BCUT2D eigenvalue weighted by Gasteiger charge is -2.20. The summed E-state index contributed by atoms with van der Waals surface area (Å²) < 4.78 is 14.5. The molecule has 2 atom stereocenters. The van der Waals surface area contributed by atoms with Crippen LogP contribution in [0.25, 0.3) is 0 Å². The molecule has 0 aromatic rings. The van der Waals surface area contributed by atoms with Gasteiger partial charge in [0.25, 0.3) is 0 Å². The molecule has 118 valence electrons. The van der Waals surface area contributed by atoms with Crippen molar-refractivity contribution in [3.63, 3.8) is 0 Å². The van der Waals surface area contributed by atoms with Crippen LogP contribution in [0.1, 0.15) is 33.6 Å². The van der Waals surface area contributed by atoms with E-state index in [1.54, 1.807) is 0 Å². The van der Waals surface area contributed by atoms with Crippen LogP contribution in [0.5, 0.6) is 0 Å². The second-order valence-corrected chi connectivity index (χ2v) is 4.37. The predicted octanol–water partition coefficient (Wildman–Crippen LogP) is 0.948. The summed E-state index contributed by atoms with van der Waals surface area (Å²) >= 11 is 0. The molecule has 0 N–H and O–H groups in total. The molecule has 0 bridgehead atoms. The molecule has 0 heterocycles. The molecule has 0 aromatic heterocycles. The van der Waals surface area contributed by atoms with Crippen LogP contribution in [-0.4, -0.2) is 43.0 Å². The number of hydrogen-bond donors (Lipinski definition) is 0. The highest BCUT2D eigenvalue weighted by Gasteiger charge is 2.22.